The molecule has 0 rings (SSSR count). The molecule has 4 nitrogen and oxygen atoms in total. The Morgan fingerprint density at radius 2 is 1.10 bits per heavy atom. The Kier molecular flexibility index (Phi) is 15.9. The summed E-state index contributed by atoms with van der Waals surface area (Å²) in [5, 5.41) is 25.0. The molecule has 0 spiro atoms. The van der Waals surface area contributed by atoms with Gasteiger partial charge in [0.1, 0.15) is 0 Å². The van der Waals surface area contributed by atoms with Crippen LogP contribution in [0.15, 0.2) is 0 Å². The van der Waals surface area contributed by atoms with Crippen molar-refractivity contribution in [3.8, 4) is 0 Å². The average Bonchev–Trinajstić information content (AvgIpc) is 1.87. The second-order valence-electron chi connectivity index (χ2n) is 1.84. The van der Waals surface area contributed by atoms with Gasteiger partial charge in [-0.25, -0.2) is 0 Å². The summed E-state index contributed by atoms with van der Waals surface area (Å²) in [7, 11) is 0. The van der Waals surface area contributed by atoms with E-state index in [0.717, 1.165) is 0 Å². The van der Waals surface area contributed by atoms with E-state index < -0.39 is 25.4 Å². The third kappa shape index (κ3) is 6.54. The molecule has 0 aromatic carbocycles. The number of rotatable bonds is 3. The van der Waals surface area contributed by atoms with Crippen molar-refractivity contribution in [2.45, 2.75) is 5.54 Å². The van der Waals surface area contributed by atoms with Gasteiger partial charge in [-0.2, -0.15) is 0 Å². The molecule has 0 atom stereocenters. The van der Waals surface area contributed by atoms with Crippen LogP contribution in [0.1, 0.15) is 0 Å². The van der Waals surface area contributed by atoms with Crippen LogP contribution in [-0.2, 0) is 0 Å². The Bertz CT molecular complexity index is 61.3. The van der Waals surface area contributed by atoms with Crippen molar-refractivity contribution in [3.05, 3.63) is 0 Å². The van der Waals surface area contributed by atoms with Crippen LogP contribution in [0.2, 0.25) is 0 Å². The molecule has 0 aliphatic rings. The molecule has 0 amide bonds. The zero-order valence-corrected chi connectivity index (χ0v) is 10.5. The van der Waals surface area contributed by atoms with Crippen LogP contribution >= 0.6 is 0 Å². The second kappa shape index (κ2) is 8.93. The summed E-state index contributed by atoms with van der Waals surface area (Å²) in [6.45, 7) is -1.21. The summed E-state index contributed by atoms with van der Waals surface area (Å²) >= 11 is 0. The van der Waals surface area contributed by atoms with Gasteiger partial charge in [0, 0.05) is 59.1 Å². The molecule has 0 saturated carbocycles. The summed E-state index contributed by atoms with van der Waals surface area (Å²) in [4.78, 5) is 0. The van der Waals surface area contributed by atoms with Crippen LogP contribution in [0, 0.1) is 0 Å². The van der Waals surface area contributed by atoms with E-state index in [1.54, 1.807) is 0 Å². The molecule has 0 aromatic rings. The number of hydrogen-bond donors (Lipinski definition) is 4. The van der Waals surface area contributed by atoms with Crippen molar-refractivity contribution in [3.63, 3.8) is 0 Å². The van der Waals surface area contributed by atoms with Crippen molar-refractivity contribution >= 4 is 59.1 Å². The van der Waals surface area contributed by atoms with Gasteiger partial charge in [0.05, 0.1) is 25.4 Å². The largest absolute Gasteiger partial charge is 0.394 e. The first kappa shape index (κ1) is 17.8. The molecule has 0 aliphatic carbocycles. The molecule has 6 heteroatoms. The first-order valence-corrected chi connectivity index (χ1v) is 2.30. The van der Waals surface area contributed by atoms with Gasteiger partial charge in [0.15, 0.2) is 0 Å². The molecule has 5 N–H and O–H groups in total. The van der Waals surface area contributed by atoms with Crippen molar-refractivity contribution in [1.82, 2.24) is 0 Å². The van der Waals surface area contributed by atoms with E-state index in [1.165, 1.54) is 0 Å². The second-order valence-corrected chi connectivity index (χ2v) is 1.84. The monoisotopic (exact) mass is 167 g/mol. The maximum Gasteiger partial charge on any atom is 0.0856 e. The fraction of sp³-hybridized carbons (Fsp3) is 1.00. The van der Waals surface area contributed by atoms with E-state index in [4.69, 9.17) is 21.1 Å². The minimum absolute atomic E-state index is 0. The molecule has 0 heterocycles. The molecule has 0 aliphatic heterocycles. The fourth-order valence-corrected chi connectivity index (χ4v) is 0.150. The van der Waals surface area contributed by atoms with Gasteiger partial charge in [0.2, 0.25) is 0 Å². The predicted octanol–water partition coefficient (Wildman–Crippen LogP) is -3.10. The summed E-state index contributed by atoms with van der Waals surface area (Å²) in [6.07, 6.45) is 0. The van der Waals surface area contributed by atoms with Crippen LogP contribution in [0.5, 0.6) is 0 Å². The molecule has 10 heavy (non-hydrogen) atoms. The smallest absolute Gasteiger partial charge is 0.0856 e. The van der Waals surface area contributed by atoms with E-state index in [9.17, 15) is 0 Å². The van der Waals surface area contributed by atoms with Crippen LogP contribution in [0.25, 0.3) is 0 Å². The van der Waals surface area contributed by atoms with Gasteiger partial charge in [-0.15, -0.1) is 0 Å². The first-order chi connectivity index (χ1) is 3.68. The van der Waals surface area contributed by atoms with E-state index in [1.807, 2.05) is 0 Å². The zero-order valence-electron chi connectivity index (χ0n) is 6.54. The van der Waals surface area contributed by atoms with E-state index in [-0.39, 0.29) is 59.1 Å². The zero-order chi connectivity index (χ0) is 6.62. The van der Waals surface area contributed by atoms with Gasteiger partial charge >= 0.3 is 0 Å². The number of aliphatic hydroxyl groups excluding tert-OH is 3. The molecular weight excluding hydrogens is 156 g/mol. The number of aliphatic hydroxyl groups is 3. The third-order valence-electron chi connectivity index (χ3n) is 0.945. The predicted molar refractivity (Wildman–Crippen MR) is 39.7 cm³/mol. The minimum atomic E-state index is -1.21. The minimum Gasteiger partial charge on any atom is -0.394 e. The molecular formula is C4H11NNa2O3. The van der Waals surface area contributed by atoms with Crippen LogP contribution in [0.4, 0.5) is 0 Å². The van der Waals surface area contributed by atoms with Crippen LogP contribution in [0.3, 0.4) is 0 Å². The summed E-state index contributed by atoms with van der Waals surface area (Å²) in [5.74, 6) is 0. The van der Waals surface area contributed by atoms with Gasteiger partial charge in [-0.05, 0) is 0 Å². The maximum atomic E-state index is 8.34. The summed E-state index contributed by atoms with van der Waals surface area (Å²) in [5.41, 5.74) is 3.94. The summed E-state index contributed by atoms with van der Waals surface area (Å²) < 4.78 is 0. The first-order valence-electron chi connectivity index (χ1n) is 2.30. The van der Waals surface area contributed by atoms with E-state index >= 15 is 0 Å². The maximum absolute atomic E-state index is 8.34. The topological polar surface area (TPSA) is 86.7 Å². The fourth-order valence-electron chi connectivity index (χ4n) is 0.150. The van der Waals surface area contributed by atoms with Crippen molar-refractivity contribution in [2.75, 3.05) is 19.8 Å². The quantitative estimate of drug-likeness (QED) is 0.335. The number of hydrogen-bond acceptors (Lipinski definition) is 4. The Balaban J connectivity index is -0.000000245. The van der Waals surface area contributed by atoms with Crippen LogP contribution < -0.4 is 5.73 Å². The SMILES string of the molecule is NC(CO)(CO)CO.[Na].[Na]. The third-order valence-corrected chi connectivity index (χ3v) is 0.945. The van der Waals surface area contributed by atoms with E-state index in [0.29, 0.717) is 0 Å². The standard InChI is InChI=1S/C4H11NO3.2Na/c5-4(1-6,2-7)3-8;;/h6-8H,1-3,5H2;;. The average molecular weight is 167 g/mol. The molecule has 0 saturated heterocycles. The van der Waals surface area contributed by atoms with E-state index in [2.05, 4.69) is 0 Å². The Hall–Kier alpha value is 1.84. The normalized spacial score (nSPS) is 9.60. The van der Waals surface area contributed by atoms with Crippen molar-refractivity contribution in [1.29, 1.82) is 0 Å². The van der Waals surface area contributed by atoms with Gasteiger partial charge in [0.25, 0.3) is 0 Å². The molecule has 52 valence electrons. The molecule has 2 radical (unpaired) electrons. The number of nitrogens with two attached hydrogens (primary N) is 1. The molecule has 0 aromatic heterocycles. The van der Waals surface area contributed by atoms with Gasteiger partial charge in [-0.3, -0.25) is 0 Å². The Morgan fingerprint density at radius 3 is 1.10 bits per heavy atom. The van der Waals surface area contributed by atoms with Gasteiger partial charge < -0.3 is 21.1 Å². The molecule has 0 unspecified atom stereocenters. The Labute approximate surface area is 104 Å². The van der Waals surface area contributed by atoms with Crippen molar-refractivity contribution < 1.29 is 15.3 Å². The van der Waals surface area contributed by atoms with Gasteiger partial charge in [-0.1, -0.05) is 0 Å². The Morgan fingerprint density at radius 1 is 0.900 bits per heavy atom. The van der Waals surface area contributed by atoms with Crippen molar-refractivity contribution in [2.24, 2.45) is 5.73 Å². The van der Waals surface area contributed by atoms with Crippen LogP contribution in [-0.4, -0.2) is 99.8 Å². The molecule has 0 fully saturated rings. The molecule has 0 bridgehead atoms. The summed E-state index contributed by atoms with van der Waals surface area (Å²) in [6, 6.07) is 0.